The van der Waals surface area contributed by atoms with Gasteiger partial charge in [0.05, 0.1) is 18.5 Å². The van der Waals surface area contributed by atoms with E-state index in [2.05, 4.69) is 10.6 Å². The number of hydrogen-bond acceptors (Lipinski definition) is 3. The lowest BCUT2D eigenvalue weighted by Gasteiger charge is -2.22. The minimum absolute atomic E-state index is 0.135. The Morgan fingerprint density at radius 1 is 0.929 bits per heavy atom. The average molecular weight is 413 g/mol. The molecule has 0 bridgehead atoms. The van der Waals surface area contributed by atoms with Crippen molar-refractivity contribution in [3.63, 3.8) is 0 Å². The van der Waals surface area contributed by atoms with Gasteiger partial charge in [0, 0.05) is 16.8 Å². The summed E-state index contributed by atoms with van der Waals surface area (Å²) in [6, 6.07) is 20.3. The van der Waals surface area contributed by atoms with Gasteiger partial charge in [-0.25, -0.2) is 0 Å². The Labute approximate surface area is 173 Å². The van der Waals surface area contributed by atoms with Gasteiger partial charge < -0.3 is 10.6 Å². The normalized spacial score (nSPS) is 12.8. The van der Waals surface area contributed by atoms with E-state index in [1.807, 2.05) is 60.0 Å². The van der Waals surface area contributed by atoms with Crippen molar-refractivity contribution in [1.29, 1.82) is 0 Å². The van der Waals surface area contributed by atoms with Crippen LogP contribution >= 0.6 is 22.9 Å². The fourth-order valence-corrected chi connectivity index (χ4v) is 3.95. The predicted octanol–water partition coefficient (Wildman–Crippen LogP) is 4.87. The van der Waals surface area contributed by atoms with Gasteiger partial charge in [-0.05, 0) is 34.7 Å². The summed E-state index contributed by atoms with van der Waals surface area (Å²) in [7, 11) is 0. The molecule has 4 nitrogen and oxygen atoms in total. The fraction of sp³-hybridized carbons (Fsp3) is 0.182. The first-order valence-electron chi connectivity index (χ1n) is 8.93. The summed E-state index contributed by atoms with van der Waals surface area (Å²) in [5.74, 6) is -0.332. The smallest absolute Gasteiger partial charge is 0.223 e. The molecule has 2 amide bonds. The Morgan fingerprint density at radius 3 is 2.25 bits per heavy atom. The van der Waals surface area contributed by atoms with Crippen LogP contribution < -0.4 is 10.6 Å². The maximum atomic E-state index is 12.9. The van der Waals surface area contributed by atoms with E-state index >= 15 is 0 Å². The van der Waals surface area contributed by atoms with Crippen LogP contribution in [0, 0.1) is 0 Å². The highest BCUT2D eigenvalue weighted by atomic mass is 35.5. The predicted molar refractivity (Wildman–Crippen MR) is 113 cm³/mol. The van der Waals surface area contributed by atoms with Crippen molar-refractivity contribution in [2.75, 3.05) is 0 Å². The van der Waals surface area contributed by atoms with E-state index in [0.717, 1.165) is 16.0 Å². The molecule has 0 saturated heterocycles. The first kappa shape index (κ1) is 20.1. The molecule has 6 heteroatoms. The quantitative estimate of drug-likeness (QED) is 0.581. The van der Waals surface area contributed by atoms with Crippen molar-refractivity contribution in [3.05, 3.63) is 93.1 Å². The van der Waals surface area contributed by atoms with Crippen LogP contribution in [0.15, 0.2) is 72.1 Å². The number of carbonyl (C=O) groups excluding carboxylic acids is 2. The van der Waals surface area contributed by atoms with Crippen LogP contribution in [0.1, 0.15) is 41.4 Å². The van der Waals surface area contributed by atoms with Crippen molar-refractivity contribution in [3.8, 4) is 0 Å². The fourth-order valence-electron chi connectivity index (χ4n) is 3.02. The lowest BCUT2D eigenvalue weighted by atomic mass is 10.0. The second kappa shape index (κ2) is 9.53. The largest absolute Gasteiger partial charge is 0.349 e. The summed E-state index contributed by atoms with van der Waals surface area (Å²) in [5.41, 5.74) is 1.85. The zero-order chi connectivity index (χ0) is 19.9. The van der Waals surface area contributed by atoms with Gasteiger partial charge in [-0.2, -0.15) is 0 Å². The van der Waals surface area contributed by atoms with Crippen molar-refractivity contribution < 1.29 is 9.59 Å². The molecule has 2 atom stereocenters. The molecule has 1 aromatic heterocycles. The molecule has 0 radical (unpaired) electrons. The Kier molecular flexibility index (Phi) is 6.85. The zero-order valence-electron chi connectivity index (χ0n) is 15.4. The molecule has 0 fully saturated rings. The molecule has 2 aromatic carbocycles. The lowest BCUT2D eigenvalue weighted by Crippen LogP contribution is -2.34. The Morgan fingerprint density at radius 2 is 1.64 bits per heavy atom. The van der Waals surface area contributed by atoms with Crippen molar-refractivity contribution in [1.82, 2.24) is 10.6 Å². The number of thiophene rings is 1. The number of hydrogen-bond donors (Lipinski definition) is 2. The summed E-state index contributed by atoms with van der Waals surface area (Å²) < 4.78 is 0. The van der Waals surface area contributed by atoms with E-state index in [9.17, 15) is 9.59 Å². The third-order valence-corrected chi connectivity index (χ3v) is 5.49. The molecule has 0 spiro atoms. The Hall–Kier alpha value is -2.63. The van der Waals surface area contributed by atoms with Crippen molar-refractivity contribution >= 4 is 34.8 Å². The number of carbonyl (C=O) groups is 2. The highest BCUT2D eigenvalue weighted by Gasteiger charge is 2.22. The van der Waals surface area contributed by atoms with E-state index < -0.39 is 6.04 Å². The minimum Gasteiger partial charge on any atom is -0.349 e. The van der Waals surface area contributed by atoms with E-state index in [1.165, 1.54) is 6.92 Å². The number of halogens is 1. The van der Waals surface area contributed by atoms with Crippen LogP contribution in [0.25, 0.3) is 0 Å². The minimum atomic E-state index is -0.422. The van der Waals surface area contributed by atoms with E-state index in [1.54, 1.807) is 23.5 Å². The second-order valence-corrected chi connectivity index (χ2v) is 7.85. The summed E-state index contributed by atoms with van der Waals surface area (Å²) in [6.45, 7) is 1.44. The standard InChI is InChI=1S/C22H21ClN2O2S/c1-15(26)24-19(16-9-11-18(23)12-10-16)14-21(27)25-22(20-8-5-13-28-20)17-6-3-2-4-7-17/h2-13,19,22H,14H2,1H3,(H,24,26)(H,25,27)/t19-,22-/m0/s1. The number of rotatable bonds is 7. The SMILES string of the molecule is CC(=O)N[C@@H](CC(=O)N[C@@H](c1ccccc1)c1cccs1)c1ccc(Cl)cc1. The second-order valence-electron chi connectivity index (χ2n) is 6.44. The molecule has 0 unspecified atom stereocenters. The summed E-state index contributed by atoms with van der Waals surface area (Å²) in [5, 5.41) is 8.57. The highest BCUT2D eigenvalue weighted by molar-refractivity contribution is 7.10. The number of amides is 2. The molecule has 3 rings (SSSR count). The molecule has 1 heterocycles. The Bertz CT molecular complexity index is 911. The van der Waals surface area contributed by atoms with Crippen LogP contribution in [0.3, 0.4) is 0 Å². The molecule has 0 saturated carbocycles. The van der Waals surface area contributed by atoms with Crippen LogP contribution in [0.4, 0.5) is 0 Å². The van der Waals surface area contributed by atoms with Gasteiger partial charge in [0.1, 0.15) is 0 Å². The molecule has 144 valence electrons. The van der Waals surface area contributed by atoms with Gasteiger partial charge >= 0.3 is 0 Å². The van der Waals surface area contributed by atoms with Gasteiger partial charge in [-0.1, -0.05) is 60.1 Å². The molecule has 3 aromatic rings. The first-order valence-corrected chi connectivity index (χ1v) is 10.2. The van der Waals surface area contributed by atoms with Crippen LogP contribution in [0.5, 0.6) is 0 Å². The molecular weight excluding hydrogens is 392 g/mol. The number of benzene rings is 2. The van der Waals surface area contributed by atoms with Crippen molar-refractivity contribution in [2.45, 2.75) is 25.4 Å². The first-order chi connectivity index (χ1) is 13.5. The molecule has 2 N–H and O–H groups in total. The van der Waals surface area contributed by atoms with Gasteiger partial charge in [0.15, 0.2) is 0 Å². The summed E-state index contributed by atoms with van der Waals surface area (Å²) in [4.78, 5) is 25.6. The average Bonchev–Trinajstić information content (AvgIpc) is 3.21. The summed E-state index contributed by atoms with van der Waals surface area (Å²) >= 11 is 7.55. The van der Waals surface area contributed by atoms with Gasteiger partial charge in [0.2, 0.25) is 11.8 Å². The third-order valence-electron chi connectivity index (χ3n) is 4.31. The summed E-state index contributed by atoms with van der Waals surface area (Å²) in [6.07, 6.45) is 0.135. The van der Waals surface area contributed by atoms with Crippen LogP contribution in [-0.4, -0.2) is 11.8 Å². The van der Waals surface area contributed by atoms with E-state index in [-0.39, 0.29) is 24.3 Å². The van der Waals surface area contributed by atoms with Gasteiger partial charge in [-0.15, -0.1) is 11.3 Å². The maximum Gasteiger partial charge on any atom is 0.223 e. The van der Waals surface area contributed by atoms with E-state index in [4.69, 9.17) is 11.6 Å². The van der Waals surface area contributed by atoms with Gasteiger partial charge in [-0.3, -0.25) is 9.59 Å². The molecular formula is C22H21ClN2O2S. The topological polar surface area (TPSA) is 58.2 Å². The van der Waals surface area contributed by atoms with Crippen molar-refractivity contribution in [2.24, 2.45) is 0 Å². The van der Waals surface area contributed by atoms with Crippen LogP contribution in [0.2, 0.25) is 5.02 Å². The molecule has 0 aliphatic rings. The number of nitrogens with one attached hydrogen (secondary N) is 2. The van der Waals surface area contributed by atoms with E-state index in [0.29, 0.717) is 5.02 Å². The zero-order valence-corrected chi connectivity index (χ0v) is 17.0. The molecule has 28 heavy (non-hydrogen) atoms. The van der Waals surface area contributed by atoms with Gasteiger partial charge in [0.25, 0.3) is 0 Å². The Balaban J connectivity index is 1.78. The maximum absolute atomic E-state index is 12.9. The lowest BCUT2D eigenvalue weighted by molar-refractivity contribution is -0.123. The monoisotopic (exact) mass is 412 g/mol. The van der Waals surface area contributed by atoms with Crippen LogP contribution in [-0.2, 0) is 9.59 Å². The molecule has 0 aliphatic heterocycles. The third kappa shape index (κ3) is 5.44. The molecule has 0 aliphatic carbocycles. The highest BCUT2D eigenvalue weighted by Crippen LogP contribution is 2.27.